The molecular formula is C14H19BrN2O. The Kier molecular flexibility index (Phi) is 4.96. The lowest BCUT2D eigenvalue weighted by atomic mass is 9.88. The van der Waals surface area contributed by atoms with Crippen molar-refractivity contribution in [3.63, 3.8) is 0 Å². The first-order valence-electron chi connectivity index (χ1n) is 5.80. The maximum Gasteiger partial charge on any atom is 0.323 e. The van der Waals surface area contributed by atoms with Gasteiger partial charge in [0.05, 0.1) is 5.69 Å². The van der Waals surface area contributed by atoms with Gasteiger partial charge in [0, 0.05) is 10.7 Å². The van der Waals surface area contributed by atoms with Crippen molar-refractivity contribution in [2.75, 3.05) is 5.32 Å². The molecule has 2 N–H and O–H groups in total. The molecule has 0 aliphatic heterocycles. The Labute approximate surface area is 117 Å². The van der Waals surface area contributed by atoms with Crippen LogP contribution in [0.5, 0.6) is 0 Å². The third kappa shape index (κ3) is 4.53. The minimum Gasteiger partial charge on any atom is -0.314 e. The van der Waals surface area contributed by atoms with Crippen LogP contribution in [0.4, 0.5) is 10.5 Å². The molecule has 3 nitrogen and oxygen atoms in total. The number of allylic oxidation sites excluding steroid dienone is 1. The van der Waals surface area contributed by atoms with E-state index >= 15 is 0 Å². The second-order valence-corrected chi connectivity index (χ2v) is 6.01. The minimum absolute atomic E-state index is 0.0562. The highest BCUT2D eigenvalue weighted by molar-refractivity contribution is 9.10. The zero-order valence-corrected chi connectivity index (χ0v) is 12.8. The van der Waals surface area contributed by atoms with Gasteiger partial charge in [0.25, 0.3) is 0 Å². The molecule has 98 valence electrons. The Morgan fingerprint density at radius 1 is 1.28 bits per heavy atom. The third-order valence-electron chi connectivity index (χ3n) is 2.72. The number of carbonyl (C=O) groups is 1. The van der Waals surface area contributed by atoms with Gasteiger partial charge in [-0.15, -0.1) is 0 Å². The maximum atomic E-state index is 11.7. The first kappa shape index (κ1) is 14.8. The summed E-state index contributed by atoms with van der Waals surface area (Å²) in [6, 6.07) is 7.24. The van der Waals surface area contributed by atoms with Gasteiger partial charge in [-0.2, -0.15) is 0 Å². The van der Waals surface area contributed by atoms with Crippen LogP contribution in [0.25, 0.3) is 0 Å². The van der Waals surface area contributed by atoms with Crippen LogP contribution in [0, 0.1) is 5.41 Å². The van der Waals surface area contributed by atoms with Gasteiger partial charge in [0.15, 0.2) is 0 Å². The predicted octanol–water partition coefficient (Wildman–Crippen LogP) is 4.52. The average molecular weight is 311 g/mol. The first-order chi connectivity index (χ1) is 8.30. The Bertz CT molecular complexity index is 461. The summed E-state index contributed by atoms with van der Waals surface area (Å²) < 4.78 is 0.858. The molecule has 18 heavy (non-hydrogen) atoms. The van der Waals surface area contributed by atoms with Crippen LogP contribution in [-0.2, 0) is 0 Å². The summed E-state index contributed by atoms with van der Waals surface area (Å²) in [7, 11) is 0. The van der Waals surface area contributed by atoms with Gasteiger partial charge >= 0.3 is 6.03 Å². The highest BCUT2D eigenvalue weighted by Gasteiger charge is 2.12. The van der Waals surface area contributed by atoms with Crippen molar-refractivity contribution in [2.45, 2.75) is 27.7 Å². The van der Waals surface area contributed by atoms with Crippen molar-refractivity contribution < 1.29 is 4.79 Å². The Balaban J connectivity index is 2.61. The summed E-state index contributed by atoms with van der Waals surface area (Å²) >= 11 is 3.38. The van der Waals surface area contributed by atoms with Gasteiger partial charge in [-0.25, -0.2) is 4.79 Å². The number of carbonyl (C=O) groups excluding carboxylic acids is 1. The van der Waals surface area contributed by atoms with Gasteiger partial charge in [-0.3, -0.25) is 0 Å². The van der Waals surface area contributed by atoms with E-state index in [0.29, 0.717) is 0 Å². The van der Waals surface area contributed by atoms with Crippen LogP contribution in [0.3, 0.4) is 0 Å². The fraction of sp³-hybridized carbons (Fsp3) is 0.357. The van der Waals surface area contributed by atoms with Crippen molar-refractivity contribution >= 4 is 27.6 Å². The molecule has 0 aliphatic rings. The van der Waals surface area contributed by atoms with Crippen LogP contribution < -0.4 is 10.6 Å². The van der Waals surface area contributed by atoms with E-state index in [1.54, 1.807) is 6.20 Å². The SMILES string of the molecule is C/C(=C\NC(=O)Nc1ccccc1Br)C(C)(C)C. The predicted molar refractivity (Wildman–Crippen MR) is 79.5 cm³/mol. The van der Waals surface area contributed by atoms with Crippen LogP contribution in [0.1, 0.15) is 27.7 Å². The molecule has 0 bridgehead atoms. The van der Waals surface area contributed by atoms with E-state index in [-0.39, 0.29) is 11.4 Å². The van der Waals surface area contributed by atoms with Gasteiger partial charge in [0.2, 0.25) is 0 Å². The quantitative estimate of drug-likeness (QED) is 0.828. The summed E-state index contributed by atoms with van der Waals surface area (Å²) in [5.41, 5.74) is 1.92. The fourth-order valence-electron chi connectivity index (χ4n) is 1.11. The molecule has 1 aromatic carbocycles. The highest BCUT2D eigenvalue weighted by Crippen LogP contribution is 2.23. The molecule has 2 amide bonds. The smallest absolute Gasteiger partial charge is 0.314 e. The largest absolute Gasteiger partial charge is 0.323 e. The molecule has 0 atom stereocenters. The second-order valence-electron chi connectivity index (χ2n) is 5.16. The number of nitrogens with one attached hydrogen (secondary N) is 2. The molecule has 0 saturated heterocycles. The summed E-state index contributed by atoms with van der Waals surface area (Å²) in [6.07, 6.45) is 1.74. The Morgan fingerprint density at radius 3 is 2.44 bits per heavy atom. The summed E-state index contributed by atoms with van der Waals surface area (Å²) in [5.74, 6) is 0. The number of rotatable bonds is 2. The van der Waals surface area contributed by atoms with Crippen molar-refractivity contribution in [2.24, 2.45) is 5.41 Å². The van der Waals surface area contributed by atoms with E-state index in [9.17, 15) is 4.79 Å². The van der Waals surface area contributed by atoms with Gasteiger partial charge < -0.3 is 10.6 Å². The number of urea groups is 1. The molecule has 0 radical (unpaired) electrons. The molecule has 0 unspecified atom stereocenters. The molecule has 0 aromatic heterocycles. The first-order valence-corrected chi connectivity index (χ1v) is 6.59. The molecule has 0 saturated carbocycles. The van der Waals surface area contributed by atoms with Crippen molar-refractivity contribution in [1.82, 2.24) is 5.32 Å². The molecule has 0 spiro atoms. The van der Waals surface area contributed by atoms with Crippen molar-refractivity contribution in [3.05, 3.63) is 40.5 Å². The van der Waals surface area contributed by atoms with Gasteiger partial charge in [-0.1, -0.05) is 38.5 Å². The number of anilines is 1. The summed E-state index contributed by atoms with van der Waals surface area (Å²) in [6.45, 7) is 8.31. The van der Waals surface area contributed by atoms with E-state index in [0.717, 1.165) is 15.7 Å². The number of halogens is 1. The van der Waals surface area contributed by atoms with E-state index in [1.807, 2.05) is 31.2 Å². The van der Waals surface area contributed by atoms with Crippen LogP contribution in [-0.4, -0.2) is 6.03 Å². The molecule has 0 fully saturated rings. The number of benzene rings is 1. The minimum atomic E-state index is -0.245. The van der Waals surface area contributed by atoms with Crippen LogP contribution in [0.2, 0.25) is 0 Å². The second kappa shape index (κ2) is 6.05. The number of hydrogen-bond acceptors (Lipinski definition) is 1. The lowest BCUT2D eigenvalue weighted by molar-refractivity contribution is 0.255. The van der Waals surface area contributed by atoms with E-state index in [2.05, 4.69) is 47.3 Å². The molecule has 4 heteroatoms. The van der Waals surface area contributed by atoms with Crippen molar-refractivity contribution in [3.8, 4) is 0 Å². The Morgan fingerprint density at radius 2 is 1.89 bits per heavy atom. The zero-order valence-electron chi connectivity index (χ0n) is 11.2. The van der Waals surface area contributed by atoms with Gasteiger partial charge in [0.1, 0.15) is 0 Å². The normalized spacial score (nSPS) is 12.2. The molecule has 1 rings (SSSR count). The van der Waals surface area contributed by atoms with Crippen LogP contribution >= 0.6 is 15.9 Å². The number of amides is 2. The Hall–Kier alpha value is -1.29. The highest BCUT2D eigenvalue weighted by atomic mass is 79.9. The van der Waals surface area contributed by atoms with Crippen LogP contribution in [0.15, 0.2) is 40.5 Å². The molecule has 0 aliphatic carbocycles. The zero-order chi connectivity index (χ0) is 13.8. The molecule has 0 heterocycles. The fourth-order valence-corrected chi connectivity index (χ4v) is 1.50. The lowest BCUT2D eigenvalue weighted by Gasteiger charge is -2.19. The van der Waals surface area contributed by atoms with E-state index in [4.69, 9.17) is 0 Å². The monoisotopic (exact) mass is 310 g/mol. The molecule has 1 aromatic rings. The van der Waals surface area contributed by atoms with E-state index in [1.165, 1.54) is 0 Å². The lowest BCUT2D eigenvalue weighted by Crippen LogP contribution is -2.25. The van der Waals surface area contributed by atoms with Gasteiger partial charge in [-0.05, 0) is 40.4 Å². The maximum absolute atomic E-state index is 11.7. The number of hydrogen-bond donors (Lipinski definition) is 2. The summed E-state index contributed by atoms with van der Waals surface area (Å²) in [5, 5.41) is 5.51. The standard InChI is InChI=1S/C14H19BrN2O/c1-10(14(2,3)4)9-16-13(18)17-12-8-6-5-7-11(12)15/h5-9H,1-4H3,(H2,16,17,18)/b10-9+. The third-order valence-corrected chi connectivity index (χ3v) is 3.42. The average Bonchev–Trinajstić information content (AvgIpc) is 2.27. The summed E-state index contributed by atoms with van der Waals surface area (Å²) in [4.78, 5) is 11.7. The topological polar surface area (TPSA) is 41.1 Å². The van der Waals surface area contributed by atoms with Crippen molar-refractivity contribution in [1.29, 1.82) is 0 Å². The molecular weight excluding hydrogens is 292 g/mol. The van der Waals surface area contributed by atoms with E-state index < -0.39 is 0 Å². The number of para-hydroxylation sites is 1.